The number of methoxy groups -OCH3 is 2. The first kappa shape index (κ1) is 22.6. The molecule has 0 bridgehead atoms. The molecular formula is C21H26ClN3O4. The fourth-order valence-corrected chi connectivity index (χ4v) is 3.25. The van der Waals surface area contributed by atoms with Gasteiger partial charge in [-0.15, -0.1) is 12.4 Å². The predicted molar refractivity (Wildman–Crippen MR) is 115 cm³/mol. The number of rotatable bonds is 7. The Kier molecular flexibility index (Phi) is 8.40. The van der Waals surface area contributed by atoms with E-state index in [9.17, 15) is 5.26 Å². The molecule has 0 aliphatic carbocycles. The fourth-order valence-electron chi connectivity index (χ4n) is 3.25. The summed E-state index contributed by atoms with van der Waals surface area (Å²) in [6, 6.07) is 11.4. The van der Waals surface area contributed by atoms with Crippen molar-refractivity contribution in [1.29, 1.82) is 5.26 Å². The Bertz CT molecular complexity index is 867. The van der Waals surface area contributed by atoms with E-state index in [1.807, 2.05) is 18.2 Å². The molecule has 29 heavy (non-hydrogen) atoms. The molecular weight excluding hydrogens is 394 g/mol. The SMILES string of the molecule is COc1ccc(/C(C#N)=C/c2ccc(N3CCN(CCO)CC3)o2)cc1OC.Cl. The highest BCUT2D eigenvalue weighted by atomic mass is 35.5. The first-order valence-electron chi connectivity index (χ1n) is 9.20. The number of allylic oxidation sites excluding steroid dienone is 1. The third-order valence-electron chi connectivity index (χ3n) is 4.81. The molecule has 0 amide bonds. The number of anilines is 1. The van der Waals surface area contributed by atoms with Crippen LogP contribution in [-0.4, -0.2) is 63.6 Å². The number of hydrogen-bond acceptors (Lipinski definition) is 7. The van der Waals surface area contributed by atoms with Crippen molar-refractivity contribution >= 4 is 29.9 Å². The van der Waals surface area contributed by atoms with E-state index >= 15 is 0 Å². The average molecular weight is 420 g/mol. The fraction of sp³-hybridized carbons (Fsp3) is 0.381. The number of nitrogens with zero attached hydrogens (tertiary/aromatic N) is 3. The number of β-amino-alcohol motifs (C(OH)–C–C–N with tert-alkyl or cyclic N) is 1. The molecule has 2 aromatic rings. The van der Waals surface area contributed by atoms with Crippen molar-refractivity contribution in [2.45, 2.75) is 0 Å². The zero-order valence-electron chi connectivity index (χ0n) is 16.6. The van der Waals surface area contributed by atoms with Crippen LogP contribution in [0.3, 0.4) is 0 Å². The second-order valence-corrected chi connectivity index (χ2v) is 6.47. The summed E-state index contributed by atoms with van der Waals surface area (Å²) in [4.78, 5) is 4.40. The molecule has 1 aromatic heterocycles. The minimum Gasteiger partial charge on any atom is -0.493 e. The van der Waals surface area contributed by atoms with Gasteiger partial charge < -0.3 is 23.9 Å². The molecule has 1 fully saturated rings. The summed E-state index contributed by atoms with van der Waals surface area (Å²) < 4.78 is 16.5. The van der Waals surface area contributed by atoms with Gasteiger partial charge in [-0.2, -0.15) is 5.26 Å². The maximum atomic E-state index is 9.60. The van der Waals surface area contributed by atoms with Gasteiger partial charge in [0.1, 0.15) is 5.76 Å². The van der Waals surface area contributed by atoms with Crippen LogP contribution in [-0.2, 0) is 0 Å². The smallest absolute Gasteiger partial charge is 0.196 e. The summed E-state index contributed by atoms with van der Waals surface area (Å²) >= 11 is 0. The number of aliphatic hydroxyl groups excluding tert-OH is 1. The molecule has 1 aliphatic heterocycles. The Labute approximate surface area is 177 Å². The lowest BCUT2D eigenvalue weighted by molar-refractivity contribution is 0.187. The monoisotopic (exact) mass is 419 g/mol. The Morgan fingerprint density at radius 3 is 2.48 bits per heavy atom. The van der Waals surface area contributed by atoms with Gasteiger partial charge in [-0.25, -0.2) is 0 Å². The zero-order valence-corrected chi connectivity index (χ0v) is 17.4. The normalized spacial score (nSPS) is 14.8. The van der Waals surface area contributed by atoms with Gasteiger partial charge in [0.2, 0.25) is 0 Å². The van der Waals surface area contributed by atoms with E-state index in [1.54, 1.807) is 32.4 Å². The standard InChI is InChI=1S/C21H25N3O4.ClH/c1-26-19-5-3-16(14-20(19)27-2)17(15-22)13-18-4-6-21(28-18)24-9-7-23(8-10-24)11-12-25;/h3-6,13-14,25H,7-12H2,1-2H3;1H/b17-13+;. The van der Waals surface area contributed by atoms with Crippen molar-refractivity contribution in [1.82, 2.24) is 4.90 Å². The van der Waals surface area contributed by atoms with Crippen molar-refractivity contribution in [3.8, 4) is 17.6 Å². The molecule has 0 radical (unpaired) electrons. The zero-order chi connectivity index (χ0) is 19.9. The molecule has 8 heteroatoms. The lowest BCUT2D eigenvalue weighted by Crippen LogP contribution is -2.47. The number of furan rings is 1. The van der Waals surface area contributed by atoms with Crippen molar-refractivity contribution in [3.05, 3.63) is 41.7 Å². The molecule has 0 spiro atoms. The van der Waals surface area contributed by atoms with E-state index < -0.39 is 0 Å². The molecule has 0 unspecified atom stereocenters. The highest BCUT2D eigenvalue weighted by Crippen LogP contribution is 2.31. The van der Waals surface area contributed by atoms with Crippen LogP contribution in [0.25, 0.3) is 11.6 Å². The van der Waals surface area contributed by atoms with E-state index in [2.05, 4.69) is 15.9 Å². The predicted octanol–water partition coefficient (Wildman–Crippen LogP) is 2.90. The number of piperazine rings is 1. The minimum atomic E-state index is 0. The van der Waals surface area contributed by atoms with E-state index in [0.717, 1.165) is 37.6 Å². The van der Waals surface area contributed by atoms with Gasteiger partial charge in [0.05, 0.1) is 32.5 Å². The lowest BCUT2D eigenvalue weighted by Gasteiger charge is -2.34. The molecule has 2 heterocycles. The number of benzene rings is 1. The largest absolute Gasteiger partial charge is 0.493 e. The van der Waals surface area contributed by atoms with Gasteiger partial charge in [-0.1, -0.05) is 0 Å². The van der Waals surface area contributed by atoms with Crippen LogP contribution in [0.15, 0.2) is 34.7 Å². The molecule has 1 aromatic carbocycles. The van der Waals surface area contributed by atoms with Gasteiger partial charge in [0.15, 0.2) is 17.4 Å². The number of aliphatic hydroxyl groups is 1. The summed E-state index contributed by atoms with van der Waals surface area (Å²) in [5.74, 6) is 2.60. The summed E-state index contributed by atoms with van der Waals surface area (Å²) in [7, 11) is 3.14. The Morgan fingerprint density at radius 1 is 1.14 bits per heavy atom. The Hall–Kier alpha value is -2.66. The highest BCUT2D eigenvalue weighted by molar-refractivity contribution is 5.89. The van der Waals surface area contributed by atoms with Crippen LogP contribution in [0.5, 0.6) is 11.5 Å². The molecule has 3 rings (SSSR count). The lowest BCUT2D eigenvalue weighted by atomic mass is 10.1. The quantitative estimate of drug-likeness (QED) is 0.691. The van der Waals surface area contributed by atoms with Crippen molar-refractivity contribution in [3.63, 3.8) is 0 Å². The van der Waals surface area contributed by atoms with E-state index in [1.165, 1.54) is 0 Å². The first-order valence-corrected chi connectivity index (χ1v) is 9.20. The molecule has 1 aliphatic rings. The average Bonchev–Trinajstić information content (AvgIpc) is 3.21. The van der Waals surface area contributed by atoms with E-state index in [0.29, 0.717) is 29.4 Å². The number of halogens is 1. The third-order valence-corrected chi connectivity index (χ3v) is 4.81. The summed E-state index contributed by atoms with van der Waals surface area (Å²) in [6.45, 7) is 4.36. The van der Waals surface area contributed by atoms with Crippen LogP contribution in [0.2, 0.25) is 0 Å². The van der Waals surface area contributed by atoms with Crippen LogP contribution in [0.1, 0.15) is 11.3 Å². The third kappa shape index (κ3) is 5.45. The Balaban J connectivity index is 0.00000300. The van der Waals surface area contributed by atoms with Crippen molar-refractivity contribution < 1.29 is 19.0 Å². The van der Waals surface area contributed by atoms with Gasteiger partial charge in [0.25, 0.3) is 0 Å². The van der Waals surface area contributed by atoms with E-state index in [-0.39, 0.29) is 19.0 Å². The molecule has 156 valence electrons. The summed E-state index contributed by atoms with van der Waals surface area (Å²) in [5.41, 5.74) is 1.21. The van der Waals surface area contributed by atoms with Crippen LogP contribution < -0.4 is 14.4 Å². The van der Waals surface area contributed by atoms with Gasteiger partial charge in [0, 0.05) is 38.8 Å². The summed E-state index contributed by atoms with van der Waals surface area (Å²) in [5, 5.41) is 18.6. The van der Waals surface area contributed by atoms with Crippen LogP contribution >= 0.6 is 12.4 Å². The van der Waals surface area contributed by atoms with Crippen molar-refractivity contribution in [2.75, 3.05) is 58.5 Å². The molecule has 1 saturated heterocycles. The maximum Gasteiger partial charge on any atom is 0.196 e. The number of hydrogen-bond donors (Lipinski definition) is 1. The maximum absolute atomic E-state index is 9.60. The van der Waals surface area contributed by atoms with Crippen molar-refractivity contribution in [2.24, 2.45) is 0 Å². The van der Waals surface area contributed by atoms with E-state index in [4.69, 9.17) is 19.0 Å². The molecule has 0 atom stereocenters. The first-order chi connectivity index (χ1) is 13.7. The topological polar surface area (TPSA) is 82.1 Å². The molecule has 7 nitrogen and oxygen atoms in total. The van der Waals surface area contributed by atoms with Gasteiger partial charge in [-0.3, -0.25) is 4.90 Å². The number of ether oxygens (including phenoxy) is 2. The van der Waals surface area contributed by atoms with Gasteiger partial charge in [-0.05, 0) is 35.9 Å². The number of nitriles is 1. The Morgan fingerprint density at radius 2 is 1.86 bits per heavy atom. The molecule has 0 saturated carbocycles. The van der Waals surface area contributed by atoms with Crippen LogP contribution in [0, 0.1) is 11.3 Å². The van der Waals surface area contributed by atoms with Gasteiger partial charge >= 0.3 is 0 Å². The van der Waals surface area contributed by atoms with Crippen LogP contribution in [0.4, 0.5) is 5.88 Å². The second kappa shape index (κ2) is 10.8. The second-order valence-electron chi connectivity index (χ2n) is 6.47. The highest BCUT2D eigenvalue weighted by Gasteiger charge is 2.19. The summed E-state index contributed by atoms with van der Waals surface area (Å²) in [6.07, 6.45) is 1.73. The minimum absolute atomic E-state index is 0. The molecule has 1 N–H and O–H groups in total.